The highest BCUT2D eigenvalue weighted by Crippen LogP contribution is 2.48. The maximum atomic E-state index is 12.5. The van der Waals surface area contributed by atoms with Crippen LogP contribution in [0.3, 0.4) is 0 Å². The average Bonchev–Trinajstić information content (AvgIpc) is 3.73. The number of nitrogens with one attached hydrogen (secondary N) is 2. The molecule has 4 aromatic carbocycles. The highest BCUT2D eigenvalue weighted by Gasteiger charge is 2.37. The van der Waals surface area contributed by atoms with Crippen molar-refractivity contribution in [1.82, 2.24) is 19.1 Å². The Morgan fingerprint density at radius 1 is 0.591 bits per heavy atom. The minimum Gasteiger partial charge on any atom is -0.478 e. The van der Waals surface area contributed by atoms with Gasteiger partial charge in [-0.3, -0.25) is 0 Å². The van der Waals surface area contributed by atoms with Crippen LogP contribution in [0.25, 0.3) is 22.1 Å². The maximum absolute atomic E-state index is 12.5. The number of anilines is 4. The van der Waals surface area contributed by atoms with Crippen molar-refractivity contribution in [2.45, 2.75) is 105 Å². The Kier molecular flexibility index (Phi) is 13.0. The number of hydrogen-bond acceptors (Lipinski definition) is 8. The van der Waals surface area contributed by atoms with E-state index in [1.165, 1.54) is 60.7 Å². The Morgan fingerprint density at radius 2 is 0.939 bits per heavy atom. The van der Waals surface area contributed by atoms with Crippen molar-refractivity contribution >= 4 is 57.3 Å². The van der Waals surface area contributed by atoms with E-state index in [0.29, 0.717) is 46.1 Å². The molecule has 2 fully saturated rings. The van der Waals surface area contributed by atoms with Crippen LogP contribution in [0.4, 0.5) is 49.6 Å². The van der Waals surface area contributed by atoms with Gasteiger partial charge in [-0.25, -0.2) is 19.6 Å². The number of hydrogen-bond donors (Lipinski definition) is 4. The fraction of sp³-hybridized carbons (Fsp3) is 0.417. The molecule has 352 valence electrons. The Balaban J connectivity index is 0.000000196. The van der Waals surface area contributed by atoms with Crippen LogP contribution >= 0.6 is 0 Å². The SMILES string of the molecule is C[C@@H]1C[C@H](n2c(Nc3ccc(OC(F)(F)F)cc3)nc3cc(C(=O)O)ccc32)CC(C)(C)C1.C[C@H]1C[C@@H](n2c(Nc3ccc(OC(F)(F)F)cc3)nc3cc(C(=O)O)ccc32)CC(C)(C)C1. The number of aromatic nitrogens is 4. The number of rotatable bonds is 10. The number of imidazole rings is 2. The van der Waals surface area contributed by atoms with Gasteiger partial charge in [0.15, 0.2) is 0 Å². The molecule has 4 atom stereocenters. The van der Waals surface area contributed by atoms with Crippen LogP contribution in [0.15, 0.2) is 84.9 Å². The highest BCUT2D eigenvalue weighted by atomic mass is 19.4. The van der Waals surface area contributed by atoms with Gasteiger partial charge in [-0.05, 0) is 146 Å². The van der Waals surface area contributed by atoms with Crippen molar-refractivity contribution in [2.24, 2.45) is 22.7 Å². The zero-order valence-electron chi connectivity index (χ0n) is 37.2. The van der Waals surface area contributed by atoms with Gasteiger partial charge in [0, 0.05) is 23.5 Å². The molecule has 0 amide bonds. The monoisotopic (exact) mass is 922 g/mol. The van der Waals surface area contributed by atoms with Crippen molar-refractivity contribution in [3.63, 3.8) is 0 Å². The minimum absolute atomic E-state index is 0.133. The van der Waals surface area contributed by atoms with Crippen LogP contribution in [0, 0.1) is 22.7 Å². The predicted molar refractivity (Wildman–Crippen MR) is 238 cm³/mol. The number of alkyl halides is 6. The summed E-state index contributed by atoms with van der Waals surface area (Å²) in [5.74, 6) is -0.644. The standard InChI is InChI=1S/2C24H26F3N3O3/c2*1-14-10-17(13-23(2,3)12-14)30-20-9-4-15(21(31)32)11-19(20)29-22(30)28-16-5-7-18(8-6-16)33-24(25,26)27/h2*4-9,11,14,17H,10,12-13H2,1-3H3,(H,28,29)(H,31,32)/t2*14-,17+/m10/s1. The number of nitrogens with zero attached hydrogens (tertiary/aromatic N) is 4. The van der Waals surface area contributed by atoms with Gasteiger partial charge >= 0.3 is 24.7 Å². The summed E-state index contributed by atoms with van der Waals surface area (Å²) in [5.41, 5.74) is 4.36. The number of fused-ring (bicyclic) bond motifs is 2. The molecule has 18 heteroatoms. The van der Waals surface area contributed by atoms with Gasteiger partial charge in [-0.1, -0.05) is 41.5 Å². The van der Waals surface area contributed by atoms with E-state index in [4.69, 9.17) is 0 Å². The largest absolute Gasteiger partial charge is 0.573 e. The van der Waals surface area contributed by atoms with Gasteiger partial charge in [-0.2, -0.15) is 0 Å². The summed E-state index contributed by atoms with van der Waals surface area (Å²) in [6.07, 6.45) is -3.53. The van der Waals surface area contributed by atoms with Crippen LogP contribution in [0.1, 0.15) is 113 Å². The van der Waals surface area contributed by atoms with Gasteiger partial charge in [0.1, 0.15) is 11.5 Å². The van der Waals surface area contributed by atoms with E-state index < -0.39 is 24.7 Å². The number of benzene rings is 4. The van der Waals surface area contributed by atoms with Crippen LogP contribution in [-0.2, 0) is 0 Å². The molecular formula is C48H52F6N6O6. The summed E-state index contributed by atoms with van der Waals surface area (Å²) in [6.45, 7) is 13.4. The molecule has 0 saturated heterocycles. The third-order valence-corrected chi connectivity index (χ3v) is 12.0. The number of carbonyl (C=O) groups is 2. The fourth-order valence-corrected chi connectivity index (χ4v) is 10.1. The van der Waals surface area contributed by atoms with Crippen molar-refractivity contribution in [3.05, 3.63) is 96.1 Å². The van der Waals surface area contributed by atoms with Crippen LogP contribution in [0.5, 0.6) is 11.5 Å². The summed E-state index contributed by atoms with van der Waals surface area (Å²) in [6, 6.07) is 20.9. The summed E-state index contributed by atoms with van der Waals surface area (Å²) in [4.78, 5) is 32.2. The van der Waals surface area contributed by atoms with E-state index in [1.54, 1.807) is 24.3 Å². The lowest BCUT2D eigenvalue weighted by atomic mass is 9.70. The topological polar surface area (TPSA) is 153 Å². The maximum Gasteiger partial charge on any atom is 0.573 e. The first-order chi connectivity index (χ1) is 30.8. The Morgan fingerprint density at radius 3 is 1.24 bits per heavy atom. The van der Waals surface area contributed by atoms with Gasteiger partial charge in [-0.15, -0.1) is 26.3 Å². The highest BCUT2D eigenvalue weighted by molar-refractivity contribution is 5.94. The summed E-state index contributed by atoms with van der Waals surface area (Å²) in [5, 5.41) is 25.2. The Labute approximate surface area is 376 Å². The first-order valence-electron chi connectivity index (χ1n) is 21.6. The zero-order valence-corrected chi connectivity index (χ0v) is 37.2. The second-order valence-corrected chi connectivity index (χ2v) is 19.2. The van der Waals surface area contributed by atoms with Gasteiger partial charge < -0.3 is 39.5 Å². The molecule has 0 spiro atoms. The molecule has 12 nitrogen and oxygen atoms in total. The number of carboxylic acid groups (broad SMARTS) is 2. The molecule has 66 heavy (non-hydrogen) atoms. The predicted octanol–water partition coefficient (Wildman–Crippen LogP) is 13.5. The Hall–Kier alpha value is -6.46. The number of aromatic carboxylic acids is 2. The van der Waals surface area contributed by atoms with Crippen molar-refractivity contribution in [2.75, 3.05) is 10.6 Å². The molecule has 0 unspecified atom stereocenters. The average molecular weight is 923 g/mol. The van der Waals surface area contributed by atoms with Crippen LogP contribution < -0.4 is 20.1 Å². The van der Waals surface area contributed by atoms with Crippen LogP contribution in [-0.4, -0.2) is 54.0 Å². The second-order valence-electron chi connectivity index (χ2n) is 19.2. The molecule has 0 aliphatic heterocycles. The molecule has 0 bridgehead atoms. The lowest BCUT2D eigenvalue weighted by Crippen LogP contribution is -2.29. The first kappa shape index (κ1) is 47.5. The molecule has 2 heterocycles. The Bertz CT molecular complexity index is 2520. The van der Waals surface area contributed by atoms with E-state index in [1.807, 2.05) is 0 Å². The second kappa shape index (κ2) is 18.1. The smallest absolute Gasteiger partial charge is 0.478 e. The quantitative estimate of drug-likeness (QED) is 0.0977. The summed E-state index contributed by atoms with van der Waals surface area (Å²) >= 11 is 0. The van der Waals surface area contributed by atoms with Crippen molar-refractivity contribution in [3.8, 4) is 11.5 Å². The molecule has 6 aromatic rings. The third-order valence-electron chi connectivity index (χ3n) is 12.0. The van der Waals surface area contributed by atoms with E-state index >= 15 is 0 Å². The first-order valence-corrected chi connectivity index (χ1v) is 21.6. The molecule has 8 rings (SSSR count). The van der Waals surface area contributed by atoms with Crippen molar-refractivity contribution < 1.29 is 55.6 Å². The molecular weight excluding hydrogens is 871 g/mol. The molecule has 2 saturated carbocycles. The molecule has 0 radical (unpaired) electrons. The van der Waals surface area contributed by atoms with Gasteiger partial charge in [0.05, 0.1) is 33.2 Å². The fourth-order valence-electron chi connectivity index (χ4n) is 10.1. The summed E-state index contributed by atoms with van der Waals surface area (Å²) < 4.78 is 86.8. The molecule has 2 aliphatic carbocycles. The van der Waals surface area contributed by atoms with E-state index in [9.17, 15) is 46.1 Å². The number of halogens is 6. The summed E-state index contributed by atoms with van der Waals surface area (Å²) in [7, 11) is 0. The molecule has 2 aliphatic rings. The number of carboxylic acids is 2. The lowest BCUT2D eigenvalue weighted by Gasteiger charge is -2.40. The molecule has 2 aromatic heterocycles. The van der Waals surface area contributed by atoms with Gasteiger partial charge in [0.2, 0.25) is 11.9 Å². The van der Waals surface area contributed by atoms with E-state index in [2.05, 4.69) is 80.8 Å². The zero-order chi connectivity index (χ0) is 47.9. The third kappa shape index (κ3) is 11.7. The minimum atomic E-state index is -4.75. The van der Waals surface area contributed by atoms with Crippen LogP contribution in [0.2, 0.25) is 0 Å². The van der Waals surface area contributed by atoms with Gasteiger partial charge in [0.25, 0.3) is 0 Å². The van der Waals surface area contributed by atoms with Crippen molar-refractivity contribution in [1.29, 1.82) is 0 Å². The normalized spacial score (nSPS) is 20.5. The molecule has 4 N–H and O–H groups in total. The van der Waals surface area contributed by atoms with E-state index in [0.717, 1.165) is 49.6 Å². The number of ether oxygens (including phenoxy) is 2. The lowest BCUT2D eigenvalue weighted by molar-refractivity contribution is -0.275. The van der Waals surface area contributed by atoms with E-state index in [-0.39, 0.29) is 45.5 Å².